The molecule has 0 radical (unpaired) electrons. The zero-order valence-corrected chi connectivity index (χ0v) is 20.9. The van der Waals surface area contributed by atoms with E-state index >= 15 is 0 Å². The molecule has 3 aromatic rings. The summed E-state index contributed by atoms with van der Waals surface area (Å²) in [6.45, 7) is 5.47. The number of guanidine groups is 1. The molecule has 1 atom stereocenters. The Hall–Kier alpha value is -2.69. The minimum absolute atomic E-state index is 0. The van der Waals surface area contributed by atoms with Crippen LogP contribution >= 0.6 is 24.0 Å². The van der Waals surface area contributed by atoms with Crippen LogP contribution in [0, 0.1) is 11.6 Å². The molecular weight excluding hydrogens is 537 g/mol. The van der Waals surface area contributed by atoms with E-state index in [1.54, 1.807) is 12.5 Å². The summed E-state index contributed by atoms with van der Waals surface area (Å²) >= 11 is 0. The molecule has 1 aromatic heterocycles. The Labute approximate surface area is 210 Å². The molecule has 2 heterocycles. The predicted molar refractivity (Wildman–Crippen MR) is 138 cm³/mol. The second-order valence-electron chi connectivity index (χ2n) is 7.92. The van der Waals surface area contributed by atoms with Crippen molar-refractivity contribution >= 4 is 35.6 Å². The molecular formula is C24H29F2IN6. The SMILES string of the molecule is CCNC(=NCc1ccc(Cn2ccnc2)cc1)NC1CCN(c2ccc(F)cc2F)C1.I. The summed E-state index contributed by atoms with van der Waals surface area (Å²) in [4.78, 5) is 10.7. The minimum Gasteiger partial charge on any atom is -0.367 e. The highest BCUT2D eigenvalue weighted by Crippen LogP contribution is 2.24. The van der Waals surface area contributed by atoms with Crippen molar-refractivity contribution in [2.24, 2.45) is 4.99 Å². The first-order chi connectivity index (χ1) is 15.6. The van der Waals surface area contributed by atoms with Crippen molar-refractivity contribution in [2.45, 2.75) is 32.5 Å². The van der Waals surface area contributed by atoms with Gasteiger partial charge in [0.1, 0.15) is 11.6 Å². The van der Waals surface area contributed by atoms with Crippen LogP contribution in [0.5, 0.6) is 0 Å². The number of rotatable bonds is 7. The summed E-state index contributed by atoms with van der Waals surface area (Å²) in [6, 6.07) is 12.3. The number of aliphatic imine (C=N–C) groups is 1. The molecule has 0 bridgehead atoms. The predicted octanol–water partition coefficient (Wildman–Crippen LogP) is 4.16. The van der Waals surface area contributed by atoms with Gasteiger partial charge in [0.2, 0.25) is 0 Å². The maximum atomic E-state index is 14.1. The van der Waals surface area contributed by atoms with E-state index in [0.717, 1.165) is 37.1 Å². The van der Waals surface area contributed by atoms with Crippen LogP contribution in [-0.2, 0) is 13.1 Å². The highest BCUT2D eigenvalue weighted by atomic mass is 127. The van der Waals surface area contributed by atoms with Crippen LogP contribution in [0.15, 0.2) is 66.2 Å². The highest BCUT2D eigenvalue weighted by Gasteiger charge is 2.25. The summed E-state index contributed by atoms with van der Waals surface area (Å²) in [5.74, 6) is -0.347. The standard InChI is InChI=1S/C24H28F2N6.HI/c1-2-28-24(29-14-18-3-5-19(6-4-18)15-31-12-10-27-17-31)30-21-9-11-32(16-21)23-8-7-20(25)13-22(23)26;/h3-8,10,12-13,17,21H,2,9,11,14-16H2,1H3,(H2,28,29,30);1H. The Morgan fingerprint density at radius 1 is 1.15 bits per heavy atom. The number of imidazole rings is 1. The molecule has 0 amide bonds. The summed E-state index contributed by atoms with van der Waals surface area (Å²) < 4.78 is 29.3. The van der Waals surface area contributed by atoms with E-state index < -0.39 is 11.6 Å². The summed E-state index contributed by atoms with van der Waals surface area (Å²) in [6.07, 6.45) is 6.38. The normalized spacial score (nSPS) is 15.9. The molecule has 0 spiro atoms. The van der Waals surface area contributed by atoms with E-state index in [4.69, 9.17) is 4.99 Å². The van der Waals surface area contributed by atoms with Crippen molar-refractivity contribution in [3.63, 3.8) is 0 Å². The summed E-state index contributed by atoms with van der Waals surface area (Å²) in [7, 11) is 0. The maximum absolute atomic E-state index is 14.1. The van der Waals surface area contributed by atoms with Crippen molar-refractivity contribution in [1.29, 1.82) is 0 Å². The van der Waals surface area contributed by atoms with Crippen molar-refractivity contribution < 1.29 is 8.78 Å². The molecule has 1 unspecified atom stereocenters. The lowest BCUT2D eigenvalue weighted by Crippen LogP contribution is -2.44. The third-order valence-corrected chi connectivity index (χ3v) is 5.49. The van der Waals surface area contributed by atoms with Crippen LogP contribution in [0.1, 0.15) is 24.5 Å². The lowest BCUT2D eigenvalue weighted by Gasteiger charge is -2.21. The van der Waals surface area contributed by atoms with Gasteiger partial charge in [0.05, 0.1) is 18.6 Å². The summed E-state index contributed by atoms with van der Waals surface area (Å²) in [5, 5.41) is 6.73. The van der Waals surface area contributed by atoms with Crippen LogP contribution in [0.3, 0.4) is 0 Å². The fourth-order valence-corrected chi connectivity index (χ4v) is 3.86. The summed E-state index contributed by atoms with van der Waals surface area (Å²) in [5.41, 5.74) is 2.77. The van der Waals surface area contributed by atoms with Crippen LogP contribution in [0.2, 0.25) is 0 Å². The molecule has 1 aliphatic heterocycles. The van der Waals surface area contributed by atoms with Crippen LogP contribution in [-0.4, -0.2) is 41.2 Å². The Bertz CT molecular complexity index is 1040. The van der Waals surface area contributed by atoms with Crippen molar-refractivity contribution in [3.05, 3.63) is 83.9 Å². The topological polar surface area (TPSA) is 57.5 Å². The molecule has 9 heteroatoms. The third-order valence-electron chi connectivity index (χ3n) is 5.49. The van der Waals surface area contributed by atoms with Gasteiger partial charge >= 0.3 is 0 Å². The molecule has 0 saturated carbocycles. The second-order valence-corrected chi connectivity index (χ2v) is 7.92. The number of halogens is 3. The van der Waals surface area contributed by atoms with Crippen molar-refractivity contribution in [3.8, 4) is 0 Å². The highest BCUT2D eigenvalue weighted by molar-refractivity contribution is 14.0. The molecule has 33 heavy (non-hydrogen) atoms. The quantitative estimate of drug-likeness (QED) is 0.256. The first-order valence-corrected chi connectivity index (χ1v) is 10.9. The van der Waals surface area contributed by atoms with Crippen molar-refractivity contribution in [2.75, 3.05) is 24.5 Å². The Morgan fingerprint density at radius 2 is 1.94 bits per heavy atom. The molecule has 2 N–H and O–H groups in total. The number of benzene rings is 2. The fraction of sp³-hybridized carbons (Fsp3) is 0.333. The number of nitrogens with one attached hydrogen (secondary N) is 2. The van der Waals surface area contributed by atoms with E-state index in [2.05, 4.69) is 39.9 Å². The first kappa shape index (κ1) is 24.9. The molecule has 4 rings (SSSR count). The average Bonchev–Trinajstić information content (AvgIpc) is 3.45. The number of nitrogens with zero attached hydrogens (tertiary/aromatic N) is 4. The minimum atomic E-state index is -0.559. The Balaban J connectivity index is 0.00000306. The molecule has 2 aromatic carbocycles. The largest absolute Gasteiger partial charge is 0.367 e. The van der Waals surface area contributed by atoms with E-state index in [0.29, 0.717) is 25.3 Å². The molecule has 176 valence electrons. The van der Waals surface area contributed by atoms with Crippen LogP contribution in [0.25, 0.3) is 0 Å². The van der Waals surface area contributed by atoms with Gasteiger partial charge in [0, 0.05) is 50.7 Å². The van der Waals surface area contributed by atoms with E-state index in [9.17, 15) is 8.78 Å². The van der Waals surface area contributed by atoms with Gasteiger partial charge in [-0.3, -0.25) is 0 Å². The van der Waals surface area contributed by atoms with Gasteiger partial charge < -0.3 is 20.1 Å². The second kappa shape index (κ2) is 12.0. The van der Waals surface area contributed by atoms with Gasteiger partial charge in [-0.05, 0) is 36.6 Å². The lowest BCUT2D eigenvalue weighted by molar-refractivity contribution is 0.580. The smallest absolute Gasteiger partial charge is 0.191 e. The van der Waals surface area contributed by atoms with Gasteiger partial charge in [-0.15, -0.1) is 24.0 Å². The Morgan fingerprint density at radius 3 is 2.64 bits per heavy atom. The van der Waals surface area contributed by atoms with E-state index in [1.807, 2.05) is 22.6 Å². The van der Waals surface area contributed by atoms with Crippen molar-refractivity contribution in [1.82, 2.24) is 20.2 Å². The molecule has 6 nitrogen and oxygen atoms in total. The number of aromatic nitrogens is 2. The third kappa shape index (κ3) is 6.89. The van der Waals surface area contributed by atoms with E-state index in [-0.39, 0.29) is 30.0 Å². The lowest BCUT2D eigenvalue weighted by atomic mass is 10.1. The molecule has 1 fully saturated rings. The van der Waals surface area contributed by atoms with Crippen LogP contribution in [0.4, 0.5) is 14.5 Å². The Kier molecular flexibility index (Phi) is 9.04. The number of hydrogen-bond donors (Lipinski definition) is 2. The zero-order chi connectivity index (χ0) is 22.3. The van der Waals surface area contributed by atoms with E-state index in [1.165, 1.54) is 17.7 Å². The molecule has 0 aliphatic carbocycles. The molecule has 1 aliphatic rings. The monoisotopic (exact) mass is 566 g/mol. The number of anilines is 1. The van der Waals surface area contributed by atoms with Crippen LogP contribution < -0.4 is 15.5 Å². The van der Waals surface area contributed by atoms with Gasteiger partial charge in [0.15, 0.2) is 5.96 Å². The molecule has 1 saturated heterocycles. The first-order valence-electron chi connectivity index (χ1n) is 10.9. The number of hydrogen-bond acceptors (Lipinski definition) is 3. The van der Waals surface area contributed by atoms with Gasteiger partial charge in [-0.2, -0.15) is 0 Å². The maximum Gasteiger partial charge on any atom is 0.191 e. The fourth-order valence-electron chi connectivity index (χ4n) is 3.86. The van der Waals surface area contributed by atoms with Gasteiger partial charge in [-0.1, -0.05) is 24.3 Å². The van der Waals surface area contributed by atoms with Gasteiger partial charge in [-0.25, -0.2) is 18.8 Å². The van der Waals surface area contributed by atoms with Gasteiger partial charge in [0.25, 0.3) is 0 Å². The zero-order valence-electron chi connectivity index (χ0n) is 18.5. The average molecular weight is 566 g/mol.